The first kappa shape index (κ1) is 19.0. The van der Waals surface area contributed by atoms with Gasteiger partial charge in [0.2, 0.25) is 5.91 Å². The molecule has 0 atom stereocenters. The molecule has 0 aliphatic carbocycles. The van der Waals surface area contributed by atoms with Crippen molar-refractivity contribution in [2.45, 2.75) is 13.3 Å². The highest BCUT2D eigenvalue weighted by Crippen LogP contribution is 2.21. The minimum Gasteiger partial charge on any atom is -0.465 e. The van der Waals surface area contributed by atoms with E-state index in [0.717, 1.165) is 13.2 Å². The molecule has 2 N–H and O–H groups in total. The maximum Gasteiger partial charge on any atom is 0.340 e. The summed E-state index contributed by atoms with van der Waals surface area (Å²) in [4.78, 5) is 35.2. The highest BCUT2D eigenvalue weighted by molar-refractivity contribution is 6.06. The van der Waals surface area contributed by atoms with Crippen LogP contribution in [0.25, 0.3) is 0 Å². The summed E-state index contributed by atoms with van der Waals surface area (Å²) in [5.74, 6) is -4.06. The number of rotatable bonds is 5. The fourth-order valence-corrected chi connectivity index (χ4v) is 2.09. The molecule has 26 heavy (non-hydrogen) atoms. The molecule has 2 rings (SSSR count). The van der Waals surface area contributed by atoms with Crippen LogP contribution < -0.4 is 10.6 Å². The van der Waals surface area contributed by atoms with Gasteiger partial charge in [0.05, 0.1) is 18.4 Å². The average molecular weight is 362 g/mol. The predicted molar refractivity (Wildman–Crippen MR) is 91.0 cm³/mol. The summed E-state index contributed by atoms with van der Waals surface area (Å²) in [7, 11) is 1.06. The lowest BCUT2D eigenvalue weighted by Gasteiger charge is -2.10. The van der Waals surface area contributed by atoms with Crippen LogP contribution in [-0.2, 0) is 9.53 Å². The number of esters is 1. The van der Waals surface area contributed by atoms with Crippen molar-refractivity contribution in [1.82, 2.24) is 0 Å². The zero-order valence-corrected chi connectivity index (χ0v) is 14.1. The van der Waals surface area contributed by atoms with Crippen molar-refractivity contribution in [3.8, 4) is 0 Å². The highest BCUT2D eigenvalue weighted by atomic mass is 19.1. The molecule has 0 saturated heterocycles. The molecule has 136 valence electrons. The smallest absolute Gasteiger partial charge is 0.340 e. The number of amides is 2. The molecule has 2 aromatic rings. The van der Waals surface area contributed by atoms with Crippen LogP contribution in [0.5, 0.6) is 0 Å². The van der Waals surface area contributed by atoms with E-state index in [0.29, 0.717) is 11.8 Å². The average Bonchev–Trinajstić information content (AvgIpc) is 2.63. The van der Waals surface area contributed by atoms with E-state index in [9.17, 15) is 23.2 Å². The molecule has 0 aliphatic heterocycles. The molecule has 0 unspecified atom stereocenters. The Morgan fingerprint density at radius 1 is 1.04 bits per heavy atom. The highest BCUT2D eigenvalue weighted by Gasteiger charge is 2.18. The molecule has 0 aromatic heterocycles. The fraction of sp³-hybridized carbons (Fsp3) is 0.167. The van der Waals surface area contributed by atoms with Gasteiger partial charge in [0.25, 0.3) is 5.91 Å². The van der Waals surface area contributed by atoms with E-state index in [2.05, 4.69) is 15.4 Å². The second kappa shape index (κ2) is 8.19. The number of anilines is 2. The third-order valence-corrected chi connectivity index (χ3v) is 3.44. The van der Waals surface area contributed by atoms with E-state index >= 15 is 0 Å². The number of ether oxygens (including phenoxy) is 1. The van der Waals surface area contributed by atoms with E-state index in [1.807, 2.05) is 0 Å². The lowest BCUT2D eigenvalue weighted by atomic mass is 10.1. The Kier molecular flexibility index (Phi) is 6.00. The normalized spacial score (nSPS) is 10.2. The van der Waals surface area contributed by atoms with Crippen LogP contribution in [0.2, 0.25) is 0 Å². The number of benzene rings is 2. The van der Waals surface area contributed by atoms with Gasteiger partial charge in [-0.15, -0.1) is 0 Å². The Labute approximate surface area is 148 Å². The first-order valence-corrected chi connectivity index (χ1v) is 7.64. The van der Waals surface area contributed by atoms with E-state index < -0.39 is 29.1 Å². The fourth-order valence-electron chi connectivity index (χ4n) is 2.09. The van der Waals surface area contributed by atoms with E-state index in [1.165, 1.54) is 12.1 Å². The van der Waals surface area contributed by atoms with Crippen LogP contribution in [-0.4, -0.2) is 24.9 Å². The molecule has 0 radical (unpaired) electrons. The Hall–Kier alpha value is -3.29. The van der Waals surface area contributed by atoms with E-state index in [-0.39, 0.29) is 23.6 Å². The number of hydrogen-bond donors (Lipinski definition) is 2. The summed E-state index contributed by atoms with van der Waals surface area (Å²) in [6, 6.07) is 7.35. The van der Waals surface area contributed by atoms with E-state index in [4.69, 9.17) is 0 Å². The molecular weight excluding hydrogens is 346 g/mol. The van der Waals surface area contributed by atoms with Gasteiger partial charge in [-0.1, -0.05) is 13.0 Å². The van der Waals surface area contributed by atoms with Crippen molar-refractivity contribution in [1.29, 1.82) is 0 Å². The summed E-state index contributed by atoms with van der Waals surface area (Å²) >= 11 is 0. The largest absolute Gasteiger partial charge is 0.465 e. The summed E-state index contributed by atoms with van der Waals surface area (Å²) in [5.41, 5.74) is -0.338. The monoisotopic (exact) mass is 362 g/mol. The number of halogens is 2. The number of methoxy groups -OCH3 is 1. The third-order valence-electron chi connectivity index (χ3n) is 3.44. The van der Waals surface area contributed by atoms with Gasteiger partial charge in [-0.25, -0.2) is 13.6 Å². The van der Waals surface area contributed by atoms with Crippen molar-refractivity contribution >= 4 is 29.2 Å². The van der Waals surface area contributed by atoms with Gasteiger partial charge < -0.3 is 15.4 Å². The molecule has 0 fully saturated rings. The predicted octanol–water partition coefficient (Wildman–Crippen LogP) is 3.35. The molecule has 0 saturated carbocycles. The van der Waals surface area contributed by atoms with Gasteiger partial charge in [0.15, 0.2) is 0 Å². The lowest BCUT2D eigenvalue weighted by Crippen LogP contribution is -2.16. The zero-order valence-electron chi connectivity index (χ0n) is 14.1. The van der Waals surface area contributed by atoms with Crippen LogP contribution in [0.1, 0.15) is 34.1 Å². The van der Waals surface area contributed by atoms with Gasteiger partial charge in [0, 0.05) is 23.7 Å². The lowest BCUT2D eigenvalue weighted by molar-refractivity contribution is -0.115. The molecule has 2 aromatic carbocycles. The second-order valence-electron chi connectivity index (χ2n) is 5.24. The molecule has 0 bridgehead atoms. The Bertz CT molecular complexity index is 868. The summed E-state index contributed by atoms with van der Waals surface area (Å²) in [5, 5.41) is 4.86. The van der Waals surface area contributed by atoms with Crippen LogP contribution in [0.15, 0.2) is 36.4 Å². The molecule has 2 amide bonds. The standard InChI is InChI=1S/C18H16F2N2O4/c1-3-16(23)21-11-6-4-5-10(7-11)17(24)22-15-8-12(18(25)26-2)13(19)9-14(15)20/h4-9H,3H2,1-2H3,(H,21,23)(H,22,24). The molecule has 0 spiro atoms. The van der Waals surface area contributed by atoms with E-state index in [1.54, 1.807) is 19.1 Å². The quantitative estimate of drug-likeness (QED) is 0.799. The van der Waals surface area contributed by atoms with Crippen LogP contribution in [0.4, 0.5) is 20.2 Å². The summed E-state index contributed by atoms with van der Waals surface area (Å²) < 4.78 is 32.0. The number of carbonyl (C=O) groups is 3. The Balaban J connectivity index is 2.26. The van der Waals surface area contributed by atoms with Crippen LogP contribution in [0, 0.1) is 11.6 Å². The second-order valence-corrected chi connectivity index (χ2v) is 5.24. The first-order valence-electron chi connectivity index (χ1n) is 7.64. The van der Waals surface area contributed by atoms with Crippen molar-refractivity contribution < 1.29 is 27.9 Å². The SMILES string of the molecule is CCC(=O)Nc1cccc(C(=O)Nc2cc(C(=O)OC)c(F)cc2F)c1. The zero-order chi connectivity index (χ0) is 19.3. The Morgan fingerprint density at radius 2 is 1.77 bits per heavy atom. The topological polar surface area (TPSA) is 84.5 Å². The maximum atomic E-state index is 13.9. The van der Waals surface area contributed by atoms with Crippen molar-refractivity contribution in [3.05, 3.63) is 59.2 Å². The number of carbonyl (C=O) groups excluding carboxylic acids is 3. The maximum absolute atomic E-state index is 13.9. The van der Waals surface area contributed by atoms with Gasteiger partial charge >= 0.3 is 5.97 Å². The van der Waals surface area contributed by atoms with Gasteiger partial charge in [-0.3, -0.25) is 9.59 Å². The van der Waals surface area contributed by atoms with Crippen LogP contribution in [0.3, 0.4) is 0 Å². The number of nitrogens with one attached hydrogen (secondary N) is 2. The molecular formula is C18H16F2N2O4. The van der Waals surface area contributed by atoms with Gasteiger partial charge in [-0.2, -0.15) is 0 Å². The Morgan fingerprint density at radius 3 is 2.42 bits per heavy atom. The molecule has 0 heterocycles. The van der Waals surface area contributed by atoms with Crippen molar-refractivity contribution in [3.63, 3.8) is 0 Å². The minimum absolute atomic E-state index is 0.141. The molecule has 0 aliphatic rings. The summed E-state index contributed by atoms with van der Waals surface area (Å²) in [6.45, 7) is 1.68. The minimum atomic E-state index is -1.10. The molecule has 8 heteroatoms. The number of hydrogen-bond acceptors (Lipinski definition) is 4. The third kappa shape index (κ3) is 4.41. The molecule has 6 nitrogen and oxygen atoms in total. The van der Waals surface area contributed by atoms with Crippen molar-refractivity contribution in [2.24, 2.45) is 0 Å². The van der Waals surface area contributed by atoms with Gasteiger partial charge in [-0.05, 0) is 24.3 Å². The van der Waals surface area contributed by atoms with Crippen molar-refractivity contribution in [2.75, 3.05) is 17.7 Å². The summed E-state index contributed by atoms with van der Waals surface area (Å²) in [6.07, 6.45) is 0.271. The van der Waals surface area contributed by atoms with Gasteiger partial charge in [0.1, 0.15) is 11.6 Å². The van der Waals surface area contributed by atoms with Crippen LogP contribution >= 0.6 is 0 Å². The first-order chi connectivity index (χ1) is 12.3.